The van der Waals surface area contributed by atoms with Crippen molar-refractivity contribution >= 4 is 26.6 Å². The van der Waals surface area contributed by atoms with Crippen LogP contribution >= 0.6 is 8.51 Å². The molecule has 123 valence electrons. The Labute approximate surface area is 150 Å². The van der Waals surface area contributed by atoms with Gasteiger partial charge in [0.1, 0.15) is 0 Å². The predicted molar refractivity (Wildman–Crippen MR) is 107 cm³/mol. The molecule has 2 atom stereocenters. The van der Waals surface area contributed by atoms with E-state index in [1.807, 2.05) is 0 Å². The Morgan fingerprint density at radius 2 is 1.21 bits per heavy atom. The molecule has 2 aromatic rings. The van der Waals surface area contributed by atoms with Crippen LogP contribution in [0.3, 0.4) is 0 Å². The van der Waals surface area contributed by atoms with Gasteiger partial charge in [0.15, 0.2) is 0 Å². The number of rotatable bonds is 3. The van der Waals surface area contributed by atoms with Crippen LogP contribution in [0.1, 0.15) is 29.5 Å². The Bertz CT molecular complexity index is 800. The van der Waals surface area contributed by atoms with E-state index < -0.39 is 22.7 Å². The van der Waals surface area contributed by atoms with Crippen molar-refractivity contribution in [3.63, 3.8) is 0 Å². The van der Waals surface area contributed by atoms with Gasteiger partial charge in [-0.1, -0.05) is 0 Å². The maximum atomic E-state index is 7.97. The second-order valence-electron chi connectivity index (χ2n) is 7.97. The van der Waals surface area contributed by atoms with Crippen LogP contribution in [-0.4, -0.2) is 5.92 Å². The van der Waals surface area contributed by atoms with Gasteiger partial charge in [-0.05, 0) is 0 Å². The summed E-state index contributed by atoms with van der Waals surface area (Å²) in [5.74, 6) is -1.07. The molecule has 0 saturated heterocycles. The molecule has 2 aliphatic rings. The number of halogens is 1. The van der Waals surface area contributed by atoms with Gasteiger partial charge in [0.25, 0.3) is 0 Å². The van der Waals surface area contributed by atoms with Gasteiger partial charge in [-0.3, -0.25) is 0 Å². The molecule has 2 unspecified atom stereocenters. The van der Waals surface area contributed by atoms with Crippen LogP contribution in [-0.2, 0) is 16.7 Å². The second kappa shape index (κ2) is 5.66. The maximum absolute atomic E-state index is 7.97. The molecule has 0 aliphatic heterocycles. The Morgan fingerprint density at radius 1 is 0.792 bits per heavy atom. The van der Waals surface area contributed by atoms with Crippen molar-refractivity contribution in [2.24, 2.45) is 0 Å². The first kappa shape index (κ1) is 16.8. The molecule has 0 amide bonds. The topological polar surface area (TPSA) is 0 Å². The van der Waals surface area contributed by atoms with Crippen LogP contribution < -0.4 is 0 Å². The summed E-state index contributed by atoms with van der Waals surface area (Å²) in [5.41, 5.74) is 5.68. The summed E-state index contributed by atoms with van der Waals surface area (Å²) < 4.78 is 3.45. The fourth-order valence-electron chi connectivity index (χ4n) is 4.69. The van der Waals surface area contributed by atoms with E-state index in [0.29, 0.717) is 7.25 Å². The third-order valence-electron chi connectivity index (χ3n) is 6.64. The van der Waals surface area contributed by atoms with E-state index in [4.69, 9.17) is 8.51 Å². The van der Waals surface area contributed by atoms with Gasteiger partial charge < -0.3 is 0 Å². The van der Waals surface area contributed by atoms with Gasteiger partial charge in [0.05, 0.1) is 0 Å². The third-order valence-corrected chi connectivity index (χ3v) is 56.1. The van der Waals surface area contributed by atoms with Crippen molar-refractivity contribution in [2.45, 2.75) is 25.0 Å². The van der Waals surface area contributed by atoms with Gasteiger partial charge in [0, 0.05) is 0 Å². The quantitative estimate of drug-likeness (QED) is 0.494. The number of allylic oxidation sites excluding steroid dienone is 2. The molecule has 4 rings (SSSR count). The van der Waals surface area contributed by atoms with E-state index >= 15 is 0 Å². The molecule has 0 N–H and O–H groups in total. The molecule has 3 heteroatoms. The van der Waals surface area contributed by atoms with Crippen molar-refractivity contribution in [1.82, 2.24) is 0 Å². The Kier molecular flexibility index (Phi) is 3.95. The Balaban J connectivity index is 1.92. The molecule has 0 radical (unpaired) electrons. The molecule has 0 spiro atoms. The van der Waals surface area contributed by atoms with E-state index in [1.54, 1.807) is 0 Å². The zero-order valence-electron chi connectivity index (χ0n) is 14.5. The zero-order valence-corrected chi connectivity index (χ0v) is 18.9. The zero-order chi connectivity index (χ0) is 17.0. The van der Waals surface area contributed by atoms with Crippen molar-refractivity contribution in [3.05, 3.63) is 82.9 Å². The van der Waals surface area contributed by atoms with Gasteiger partial charge >= 0.3 is 151 Å². The summed E-state index contributed by atoms with van der Waals surface area (Å²) in [7, 11) is 7.97. The van der Waals surface area contributed by atoms with Crippen molar-refractivity contribution in [2.75, 3.05) is 0 Å². The SMILES string of the molecule is C[SiH](C)[Zr]([CH3])([Cl])([CH]1C=Cc2ccccc21)[CH]1C=Cc2ccccc21. The van der Waals surface area contributed by atoms with Gasteiger partial charge in [0.2, 0.25) is 0 Å². The van der Waals surface area contributed by atoms with E-state index in [0.717, 1.165) is 0 Å². The molecule has 0 heterocycles. The fourth-order valence-corrected chi connectivity index (χ4v) is 31.4. The number of fused-ring (bicyclic) bond motifs is 2. The van der Waals surface area contributed by atoms with Crippen LogP contribution in [0.5, 0.6) is 0 Å². The monoisotopic (exact) mass is 429 g/mol. The van der Waals surface area contributed by atoms with Crippen molar-refractivity contribution in [3.8, 4) is 0 Å². The number of benzene rings is 2. The first-order valence-corrected chi connectivity index (χ1v) is 24.5. The average Bonchev–Trinajstić information content (AvgIpc) is 3.20. The van der Waals surface area contributed by atoms with Crippen LogP contribution in [0, 0.1) is 0 Å². The molecule has 2 aliphatic carbocycles. The number of hydrogen-bond donors (Lipinski definition) is 0. The Morgan fingerprint density at radius 3 is 1.62 bits per heavy atom. The van der Waals surface area contributed by atoms with Gasteiger partial charge in [-0.2, -0.15) is 0 Å². The van der Waals surface area contributed by atoms with E-state index in [1.165, 1.54) is 22.3 Å². The van der Waals surface area contributed by atoms with Crippen molar-refractivity contribution in [1.29, 1.82) is 0 Å². The molecule has 24 heavy (non-hydrogen) atoms. The minimum absolute atomic E-state index is 0.455. The molecule has 0 bridgehead atoms. The predicted octanol–water partition coefficient (Wildman–Crippen LogP) is 6.40. The minimum atomic E-state index is -3.64. The van der Waals surface area contributed by atoms with Crippen LogP contribution in [0.4, 0.5) is 0 Å². The first-order valence-electron chi connectivity index (χ1n) is 8.85. The van der Waals surface area contributed by atoms with Crippen LogP contribution in [0.15, 0.2) is 60.7 Å². The molecule has 0 fully saturated rings. The standard InChI is InChI=1S/2C9H7.C2H7Si.CH3.ClH.Zr/c2*1-2-5-9-7-3-6-8(9)4-1;1-3-2;;;/h2*1-7H;3H,1-2H3;1H3;1H;/q;;;;;+1/p-1. The Hall–Kier alpha value is -0.690. The summed E-state index contributed by atoms with van der Waals surface area (Å²) in [6.07, 6.45) is 9.48. The van der Waals surface area contributed by atoms with E-state index in [9.17, 15) is 0 Å². The molecular formula is C21H24ClSiZr. The van der Waals surface area contributed by atoms with E-state index in [-0.39, 0.29) is 0 Å². The van der Waals surface area contributed by atoms with Crippen molar-refractivity contribution < 1.29 is 16.7 Å². The molecule has 2 aromatic carbocycles. The van der Waals surface area contributed by atoms with Gasteiger partial charge in [-0.15, -0.1) is 0 Å². The summed E-state index contributed by atoms with van der Waals surface area (Å²) in [5, 5.41) is 0. The molecular weight excluding hydrogens is 407 g/mol. The van der Waals surface area contributed by atoms with Crippen LogP contribution in [0.25, 0.3) is 12.2 Å². The second-order valence-corrected chi connectivity index (χ2v) is 48.4. The molecule has 0 nitrogen and oxygen atoms in total. The summed E-state index contributed by atoms with van der Waals surface area (Å²) in [6, 6.07) is 17.7. The summed E-state index contributed by atoms with van der Waals surface area (Å²) in [4.78, 5) is 0. The fraction of sp³-hybridized carbons (Fsp3) is 0.238. The normalized spacial score (nSPS) is 23.1. The molecule has 0 saturated carbocycles. The first-order chi connectivity index (χ1) is 11.4. The van der Waals surface area contributed by atoms with Gasteiger partial charge in [-0.25, -0.2) is 0 Å². The summed E-state index contributed by atoms with van der Waals surface area (Å²) >= 11 is -3.64. The summed E-state index contributed by atoms with van der Waals surface area (Å²) in [6.45, 7) is 4.98. The molecule has 0 aromatic heterocycles. The van der Waals surface area contributed by atoms with Crippen LogP contribution in [0.2, 0.25) is 17.7 Å². The average molecular weight is 431 g/mol. The number of hydrogen-bond acceptors (Lipinski definition) is 0. The van der Waals surface area contributed by atoms with E-state index in [2.05, 4.69) is 90.6 Å². The third kappa shape index (κ3) is 2.19.